The van der Waals surface area contributed by atoms with E-state index in [1.54, 1.807) is 6.07 Å². The Morgan fingerprint density at radius 3 is 2.84 bits per heavy atom. The minimum Gasteiger partial charge on any atom is -0.508 e. The average molecular weight is 341 g/mol. The van der Waals surface area contributed by atoms with Crippen LogP contribution in [0.1, 0.15) is 56.6 Å². The first-order valence-electron chi connectivity index (χ1n) is 9.41. The molecule has 0 amide bonds. The number of nitriles is 1. The molecule has 4 heteroatoms. The Balaban J connectivity index is 1.77. The molecular formula is C21H27NO3. The fourth-order valence-electron chi connectivity index (χ4n) is 6.65. The molecule has 3 aliphatic carbocycles. The van der Waals surface area contributed by atoms with Gasteiger partial charge in [-0.25, -0.2) is 0 Å². The van der Waals surface area contributed by atoms with E-state index >= 15 is 0 Å². The molecule has 134 valence electrons. The molecule has 0 aliphatic heterocycles. The van der Waals surface area contributed by atoms with Gasteiger partial charge in [-0.1, -0.05) is 19.9 Å². The Bertz CT molecular complexity index is 741. The number of hydrogen-bond acceptors (Lipinski definition) is 4. The van der Waals surface area contributed by atoms with Gasteiger partial charge < -0.3 is 15.3 Å². The van der Waals surface area contributed by atoms with E-state index in [-0.39, 0.29) is 12.3 Å². The van der Waals surface area contributed by atoms with Crippen LogP contribution in [0, 0.1) is 34.5 Å². The summed E-state index contributed by atoms with van der Waals surface area (Å²) in [5, 5.41) is 40.9. The minimum atomic E-state index is -1.30. The number of hydrogen-bond donors (Lipinski definition) is 3. The van der Waals surface area contributed by atoms with E-state index in [4.69, 9.17) is 0 Å². The number of phenols is 1. The van der Waals surface area contributed by atoms with Crippen LogP contribution in [-0.2, 0) is 6.42 Å². The number of benzene rings is 1. The number of aliphatic hydroxyl groups excluding tert-OH is 1. The number of aromatic hydroxyl groups is 1. The topological polar surface area (TPSA) is 84.5 Å². The normalized spacial score (nSPS) is 45.2. The van der Waals surface area contributed by atoms with E-state index in [9.17, 15) is 20.6 Å². The Kier molecular flexibility index (Phi) is 3.69. The summed E-state index contributed by atoms with van der Waals surface area (Å²) in [5.41, 5.74) is 0.842. The maximum absolute atomic E-state index is 11.2. The monoisotopic (exact) mass is 341 g/mol. The van der Waals surface area contributed by atoms with Gasteiger partial charge in [0.1, 0.15) is 11.4 Å². The molecule has 0 bridgehead atoms. The van der Waals surface area contributed by atoms with Crippen LogP contribution in [0.3, 0.4) is 0 Å². The highest BCUT2D eigenvalue weighted by Gasteiger charge is 2.66. The summed E-state index contributed by atoms with van der Waals surface area (Å²) in [7, 11) is 0. The molecule has 2 saturated carbocycles. The third-order valence-corrected chi connectivity index (χ3v) is 7.75. The Morgan fingerprint density at radius 2 is 2.12 bits per heavy atom. The van der Waals surface area contributed by atoms with Gasteiger partial charge in [0, 0.05) is 5.41 Å². The van der Waals surface area contributed by atoms with Gasteiger partial charge in [-0.05, 0) is 72.6 Å². The molecule has 4 rings (SSSR count). The van der Waals surface area contributed by atoms with Crippen molar-refractivity contribution in [2.75, 3.05) is 0 Å². The van der Waals surface area contributed by atoms with Crippen LogP contribution in [0.4, 0.5) is 0 Å². The van der Waals surface area contributed by atoms with Gasteiger partial charge in [-0.3, -0.25) is 0 Å². The molecule has 0 spiro atoms. The van der Waals surface area contributed by atoms with E-state index in [2.05, 4.69) is 26.0 Å². The van der Waals surface area contributed by atoms with Crippen LogP contribution in [0.2, 0.25) is 0 Å². The predicted octanol–water partition coefficient (Wildman–Crippen LogP) is 3.11. The molecule has 0 aromatic heterocycles. The summed E-state index contributed by atoms with van der Waals surface area (Å²) in [5.74, 6) is 1.73. The van der Waals surface area contributed by atoms with Gasteiger partial charge in [0.2, 0.25) is 0 Å². The van der Waals surface area contributed by atoms with Crippen molar-refractivity contribution in [1.82, 2.24) is 0 Å². The predicted molar refractivity (Wildman–Crippen MR) is 93.8 cm³/mol. The van der Waals surface area contributed by atoms with Gasteiger partial charge in [0.25, 0.3) is 0 Å². The summed E-state index contributed by atoms with van der Waals surface area (Å²) in [6, 6.07) is 7.84. The molecule has 0 heterocycles. The third kappa shape index (κ3) is 2.12. The van der Waals surface area contributed by atoms with Crippen LogP contribution in [0.15, 0.2) is 18.2 Å². The molecule has 7 atom stereocenters. The van der Waals surface area contributed by atoms with Crippen LogP contribution in [0.25, 0.3) is 0 Å². The van der Waals surface area contributed by atoms with E-state index in [0.29, 0.717) is 29.9 Å². The first kappa shape index (κ1) is 16.9. The SMILES string of the molecule is C[C@H]1C[C@@]2(C)[C@@H](C[C@@H](O)[C@@]2(O)CC#N)[C@@H]2CCc3cc(O)ccc3[C@H]21. The van der Waals surface area contributed by atoms with Crippen LogP contribution in [-0.4, -0.2) is 27.0 Å². The lowest BCUT2D eigenvalue weighted by Crippen LogP contribution is -2.55. The van der Waals surface area contributed by atoms with Crippen molar-refractivity contribution < 1.29 is 15.3 Å². The minimum absolute atomic E-state index is 0.00423. The van der Waals surface area contributed by atoms with Gasteiger partial charge in [0.05, 0.1) is 18.6 Å². The second kappa shape index (κ2) is 5.46. The Morgan fingerprint density at radius 1 is 1.36 bits per heavy atom. The summed E-state index contributed by atoms with van der Waals surface area (Å²) in [6.07, 6.45) is 2.51. The summed E-state index contributed by atoms with van der Waals surface area (Å²) < 4.78 is 0. The van der Waals surface area contributed by atoms with Crippen molar-refractivity contribution in [2.24, 2.45) is 23.2 Å². The number of aryl methyl sites for hydroxylation is 1. The molecule has 0 radical (unpaired) electrons. The zero-order chi connectivity index (χ0) is 18.0. The van der Waals surface area contributed by atoms with Crippen molar-refractivity contribution in [1.29, 1.82) is 5.26 Å². The molecule has 0 unspecified atom stereocenters. The number of nitrogens with zero attached hydrogens (tertiary/aromatic N) is 1. The number of aliphatic hydroxyl groups is 2. The molecular weight excluding hydrogens is 314 g/mol. The van der Waals surface area contributed by atoms with Crippen LogP contribution < -0.4 is 0 Å². The zero-order valence-electron chi connectivity index (χ0n) is 14.9. The molecule has 1 aromatic rings. The molecule has 0 saturated heterocycles. The first-order valence-corrected chi connectivity index (χ1v) is 9.41. The molecule has 3 N–H and O–H groups in total. The largest absolute Gasteiger partial charge is 0.508 e. The lowest BCUT2D eigenvalue weighted by Gasteiger charge is -2.55. The summed E-state index contributed by atoms with van der Waals surface area (Å²) >= 11 is 0. The zero-order valence-corrected chi connectivity index (χ0v) is 14.9. The maximum Gasteiger partial charge on any atom is 0.115 e. The molecule has 2 fully saturated rings. The number of rotatable bonds is 1. The van der Waals surface area contributed by atoms with Gasteiger partial charge in [-0.2, -0.15) is 5.26 Å². The smallest absolute Gasteiger partial charge is 0.115 e. The average Bonchev–Trinajstić information content (AvgIpc) is 2.75. The molecule has 4 nitrogen and oxygen atoms in total. The first-order chi connectivity index (χ1) is 11.8. The fourth-order valence-corrected chi connectivity index (χ4v) is 6.65. The van der Waals surface area contributed by atoms with E-state index in [1.165, 1.54) is 11.1 Å². The van der Waals surface area contributed by atoms with Crippen molar-refractivity contribution in [3.8, 4) is 11.8 Å². The van der Waals surface area contributed by atoms with Crippen LogP contribution >= 0.6 is 0 Å². The highest BCUT2D eigenvalue weighted by atomic mass is 16.3. The van der Waals surface area contributed by atoms with E-state index in [1.807, 2.05) is 6.07 Å². The fraction of sp³-hybridized carbons (Fsp3) is 0.667. The third-order valence-electron chi connectivity index (χ3n) is 7.75. The highest BCUT2D eigenvalue weighted by Crippen LogP contribution is 2.66. The molecule has 25 heavy (non-hydrogen) atoms. The summed E-state index contributed by atoms with van der Waals surface area (Å²) in [4.78, 5) is 0. The second-order valence-electron chi connectivity index (χ2n) is 8.83. The standard InChI is InChI=1S/C21H27NO3/c1-12-11-20(2)17(10-18(24)21(20,25)7-8-22)16-5-3-13-9-14(23)4-6-15(13)19(12)16/h4,6,9,12,16-19,23-25H,3,5,7,10-11H2,1-2H3/t12-,16-,17-,18+,19+,20-,21-/m0/s1. The molecule has 3 aliphatic rings. The van der Waals surface area contributed by atoms with Gasteiger partial charge in [0.15, 0.2) is 0 Å². The lowest BCUT2D eigenvalue weighted by molar-refractivity contribution is -0.146. The van der Waals surface area contributed by atoms with Gasteiger partial charge >= 0.3 is 0 Å². The van der Waals surface area contributed by atoms with Crippen LogP contribution in [0.5, 0.6) is 5.75 Å². The van der Waals surface area contributed by atoms with Crippen molar-refractivity contribution in [3.05, 3.63) is 29.3 Å². The second-order valence-corrected chi connectivity index (χ2v) is 8.83. The summed E-state index contributed by atoms with van der Waals surface area (Å²) in [6.45, 7) is 4.32. The Hall–Kier alpha value is -1.57. The van der Waals surface area contributed by atoms with Crippen molar-refractivity contribution in [3.63, 3.8) is 0 Å². The Labute approximate surface area is 149 Å². The van der Waals surface area contributed by atoms with E-state index < -0.39 is 17.1 Å². The highest BCUT2D eigenvalue weighted by molar-refractivity contribution is 5.41. The quantitative estimate of drug-likeness (QED) is 0.733. The van der Waals surface area contributed by atoms with Crippen molar-refractivity contribution >= 4 is 0 Å². The van der Waals surface area contributed by atoms with Gasteiger partial charge in [-0.15, -0.1) is 0 Å². The van der Waals surface area contributed by atoms with E-state index in [0.717, 1.165) is 19.3 Å². The van der Waals surface area contributed by atoms with Crippen molar-refractivity contribution in [2.45, 2.75) is 63.6 Å². The maximum atomic E-state index is 11.2. The number of phenolic OH excluding ortho intramolecular Hbond substituents is 1. The lowest BCUT2D eigenvalue weighted by atomic mass is 9.50. The molecule has 1 aromatic carbocycles. The number of fused-ring (bicyclic) bond motifs is 5.